The molecule has 0 fully saturated rings. The van der Waals surface area contributed by atoms with E-state index in [0.29, 0.717) is 17.1 Å². The summed E-state index contributed by atoms with van der Waals surface area (Å²) in [6, 6.07) is 13.4. The van der Waals surface area contributed by atoms with Crippen molar-refractivity contribution in [3.8, 4) is 5.75 Å². The van der Waals surface area contributed by atoms with E-state index in [4.69, 9.17) is 26.1 Å². The zero-order valence-corrected chi connectivity index (χ0v) is 20.8. The lowest BCUT2D eigenvalue weighted by atomic mass is 10.1. The van der Waals surface area contributed by atoms with Crippen LogP contribution in [0.1, 0.15) is 32.9 Å². The SMILES string of the molecule is COC(=O)c1cccc(Sc2c(C)n(Cc3ncc(C)c(OC)c3C)c3cc(Cl)ccc23)c1. The van der Waals surface area contributed by atoms with Crippen molar-refractivity contribution in [2.24, 2.45) is 0 Å². The number of pyridine rings is 1. The van der Waals surface area contributed by atoms with E-state index < -0.39 is 0 Å². The minimum atomic E-state index is -0.349. The Morgan fingerprint density at radius 2 is 1.91 bits per heavy atom. The number of ether oxygens (including phenoxy) is 2. The van der Waals surface area contributed by atoms with E-state index in [0.717, 1.165) is 49.0 Å². The van der Waals surface area contributed by atoms with Crippen molar-refractivity contribution in [2.45, 2.75) is 37.1 Å². The molecule has 2 aromatic heterocycles. The number of hydrogen-bond acceptors (Lipinski definition) is 5. The number of halogens is 1. The van der Waals surface area contributed by atoms with Gasteiger partial charge >= 0.3 is 5.97 Å². The highest BCUT2D eigenvalue weighted by Gasteiger charge is 2.19. The third-order valence-electron chi connectivity index (χ3n) is 5.76. The molecule has 0 aliphatic heterocycles. The van der Waals surface area contributed by atoms with Gasteiger partial charge in [-0.1, -0.05) is 35.5 Å². The van der Waals surface area contributed by atoms with Crippen LogP contribution in [0.3, 0.4) is 0 Å². The molecule has 0 spiro atoms. The summed E-state index contributed by atoms with van der Waals surface area (Å²) in [4.78, 5) is 18.7. The lowest BCUT2D eigenvalue weighted by Gasteiger charge is -2.14. The molecule has 2 aromatic carbocycles. The van der Waals surface area contributed by atoms with Crippen LogP contribution >= 0.6 is 23.4 Å². The molecule has 0 saturated carbocycles. The van der Waals surface area contributed by atoms with Gasteiger partial charge in [-0.3, -0.25) is 4.98 Å². The second kappa shape index (κ2) is 9.49. The normalized spacial score (nSPS) is 11.1. The lowest BCUT2D eigenvalue weighted by Crippen LogP contribution is -2.07. The fourth-order valence-corrected chi connectivity index (χ4v) is 5.33. The lowest BCUT2D eigenvalue weighted by molar-refractivity contribution is 0.0600. The molecule has 0 N–H and O–H groups in total. The summed E-state index contributed by atoms with van der Waals surface area (Å²) in [7, 11) is 3.08. The predicted molar refractivity (Wildman–Crippen MR) is 133 cm³/mol. The number of esters is 1. The van der Waals surface area contributed by atoms with Gasteiger partial charge in [0.2, 0.25) is 0 Å². The molecule has 4 rings (SSSR count). The molecule has 0 amide bonds. The third kappa shape index (κ3) is 4.45. The van der Waals surface area contributed by atoms with Crippen LogP contribution in [0.15, 0.2) is 58.5 Å². The number of aromatic nitrogens is 2. The maximum Gasteiger partial charge on any atom is 0.337 e. The highest BCUT2D eigenvalue weighted by atomic mass is 35.5. The van der Waals surface area contributed by atoms with E-state index in [9.17, 15) is 4.79 Å². The average molecular weight is 481 g/mol. The number of aryl methyl sites for hydroxylation is 1. The second-order valence-corrected chi connectivity index (χ2v) is 9.35. The quantitative estimate of drug-likeness (QED) is 0.290. The maximum atomic E-state index is 12.0. The number of benzene rings is 2. The van der Waals surface area contributed by atoms with Crippen molar-refractivity contribution in [1.29, 1.82) is 0 Å². The standard InChI is InChI=1S/C26H25ClN2O3S/c1-15-13-28-22(16(2)24(15)31-4)14-29-17(3)25(21-10-9-19(27)12-23(21)29)33-20-8-6-7-18(11-20)26(30)32-5/h6-13H,14H2,1-5H3. The number of carbonyl (C=O) groups excluding carboxylic acids is 1. The Kier molecular flexibility index (Phi) is 6.68. The van der Waals surface area contributed by atoms with Crippen molar-refractivity contribution in [2.75, 3.05) is 14.2 Å². The Labute approximate surface area is 202 Å². The van der Waals surface area contributed by atoms with Gasteiger partial charge in [-0.25, -0.2) is 4.79 Å². The summed E-state index contributed by atoms with van der Waals surface area (Å²) in [6.45, 7) is 6.72. The van der Waals surface area contributed by atoms with Crippen LogP contribution in [-0.4, -0.2) is 29.7 Å². The fraction of sp³-hybridized carbons (Fsp3) is 0.231. The molecule has 0 atom stereocenters. The highest BCUT2D eigenvalue weighted by molar-refractivity contribution is 7.99. The van der Waals surface area contributed by atoms with Crippen LogP contribution in [0.2, 0.25) is 5.02 Å². The van der Waals surface area contributed by atoms with Gasteiger partial charge in [0.05, 0.1) is 37.5 Å². The van der Waals surface area contributed by atoms with Gasteiger partial charge in [0.1, 0.15) is 5.75 Å². The van der Waals surface area contributed by atoms with E-state index in [1.165, 1.54) is 7.11 Å². The topological polar surface area (TPSA) is 53.4 Å². The molecule has 33 heavy (non-hydrogen) atoms. The van der Waals surface area contributed by atoms with E-state index >= 15 is 0 Å². The van der Waals surface area contributed by atoms with Gasteiger partial charge < -0.3 is 14.0 Å². The largest absolute Gasteiger partial charge is 0.496 e. The zero-order valence-electron chi connectivity index (χ0n) is 19.2. The van der Waals surface area contributed by atoms with E-state index in [2.05, 4.69) is 11.5 Å². The molecular formula is C26H25ClN2O3S. The molecule has 0 bridgehead atoms. The summed E-state index contributed by atoms with van der Waals surface area (Å²) < 4.78 is 12.7. The maximum absolute atomic E-state index is 12.0. The second-order valence-electron chi connectivity index (χ2n) is 7.83. The molecule has 7 heteroatoms. The van der Waals surface area contributed by atoms with Gasteiger partial charge in [-0.05, 0) is 51.1 Å². The molecule has 0 radical (unpaired) electrons. The Hall–Kier alpha value is -2.96. The Morgan fingerprint density at radius 3 is 2.64 bits per heavy atom. The summed E-state index contributed by atoms with van der Waals surface area (Å²) in [5, 5.41) is 1.78. The summed E-state index contributed by atoms with van der Waals surface area (Å²) in [6.07, 6.45) is 1.85. The number of carbonyl (C=O) groups is 1. The van der Waals surface area contributed by atoms with Gasteiger partial charge in [-0.2, -0.15) is 0 Å². The van der Waals surface area contributed by atoms with Gasteiger partial charge in [-0.15, -0.1) is 0 Å². The first-order valence-electron chi connectivity index (χ1n) is 10.5. The van der Waals surface area contributed by atoms with Gasteiger partial charge in [0, 0.05) is 43.2 Å². The Morgan fingerprint density at radius 1 is 1.12 bits per heavy atom. The Balaban J connectivity index is 1.81. The van der Waals surface area contributed by atoms with Crippen molar-refractivity contribution >= 4 is 40.2 Å². The van der Waals surface area contributed by atoms with Crippen molar-refractivity contribution in [1.82, 2.24) is 9.55 Å². The summed E-state index contributed by atoms with van der Waals surface area (Å²) in [5.41, 5.74) is 5.65. The minimum Gasteiger partial charge on any atom is -0.496 e. The van der Waals surface area contributed by atoms with Crippen LogP contribution in [0.5, 0.6) is 5.75 Å². The first-order chi connectivity index (χ1) is 15.8. The number of hydrogen-bond donors (Lipinski definition) is 0. The molecular weight excluding hydrogens is 456 g/mol. The van der Waals surface area contributed by atoms with E-state index in [-0.39, 0.29) is 5.97 Å². The number of fused-ring (bicyclic) bond motifs is 1. The summed E-state index contributed by atoms with van der Waals surface area (Å²) in [5.74, 6) is 0.514. The molecule has 0 aliphatic rings. The first kappa shape index (κ1) is 23.2. The van der Waals surface area contributed by atoms with Crippen molar-refractivity contribution < 1.29 is 14.3 Å². The molecule has 2 heterocycles. The van der Waals surface area contributed by atoms with E-state index in [1.54, 1.807) is 24.9 Å². The van der Waals surface area contributed by atoms with Crippen molar-refractivity contribution in [3.05, 3.63) is 81.8 Å². The van der Waals surface area contributed by atoms with Crippen LogP contribution in [0, 0.1) is 20.8 Å². The molecule has 5 nitrogen and oxygen atoms in total. The molecule has 0 unspecified atom stereocenters. The number of methoxy groups -OCH3 is 2. The Bertz CT molecular complexity index is 1360. The fourth-order valence-electron chi connectivity index (χ4n) is 4.05. The molecule has 4 aromatic rings. The third-order valence-corrected chi connectivity index (χ3v) is 7.21. The summed E-state index contributed by atoms with van der Waals surface area (Å²) >= 11 is 8.00. The van der Waals surface area contributed by atoms with Crippen LogP contribution < -0.4 is 4.74 Å². The van der Waals surface area contributed by atoms with Gasteiger partial charge in [0.15, 0.2) is 0 Å². The zero-order chi connectivity index (χ0) is 23.7. The number of rotatable bonds is 6. The van der Waals surface area contributed by atoms with Crippen LogP contribution in [0.25, 0.3) is 10.9 Å². The van der Waals surface area contributed by atoms with Gasteiger partial charge in [0.25, 0.3) is 0 Å². The predicted octanol–water partition coefficient (Wildman–Crippen LogP) is 6.61. The smallest absolute Gasteiger partial charge is 0.337 e. The van der Waals surface area contributed by atoms with Crippen molar-refractivity contribution in [3.63, 3.8) is 0 Å². The van der Waals surface area contributed by atoms with Crippen LogP contribution in [0.4, 0.5) is 0 Å². The first-order valence-corrected chi connectivity index (χ1v) is 11.7. The highest BCUT2D eigenvalue weighted by Crippen LogP contribution is 2.40. The molecule has 0 saturated heterocycles. The monoisotopic (exact) mass is 480 g/mol. The average Bonchev–Trinajstić information content (AvgIpc) is 3.05. The molecule has 170 valence electrons. The number of nitrogens with zero attached hydrogens (tertiary/aromatic N) is 2. The van der Waals surface area contributed by atoms with E-state index in [1.807, 2.05) is 56.4 Å². The molecule has 0 aliphatic carbocycles. The van der Waals surface area contributed by atoms with Crippen LogP contribution in [-0.2, 0) is 11.3 Å². The minimum absolute atomic E-state index is 0.349.